The highest BCUT2D eigenvalue weighted by Gasteiger charge is 2.25. The van der Waals surface area contributed by atoms with E-state index in [1.807, 2.05) is 0 Å². The molecule has 1 nitrogen and oxygen atoms in total. The first-order valence-corrected chi connectivity index (χ1v) is 14.0. The minimum absolute atomic E-state index is 0.426. The molecule has 1 aliphatic rings. The Morgan fingerprint density at radius 2 is 1.96 bits per heavy atom. The van der Waals surface area contributed by atoms with Gasteiger partial charge in [0.1, 0.15) is 8.07 Å². The minimum atomic E-state index is -1.63. The lowest BCUT2D eigenvalue weighted by Gasteiger charge is -2.25. The maximum atomic E-state index is 4.26. The van der Waals surface area contributed by atoms with Crippen molar-refractivity contribution in [1.82, 2.24) is 4.57 Å². The Bertz CT molecular complexity index is 974. The molecule has 2 aromatic rings. The molecular formula is C25H32BrNSi. The summed E-state index contributed by atoms with van der Waals surface area (Å²) in [4.78, 5) is 0. The van der Waals surface area contributed by atoms with Gasteiger partial charge < -0.3 is 4.57 Å². The van der Waals surface area contributed by atoms with Crippen molar-refractivity contribution < 1.29 is 0 Å². The molecule has 0 fully saturated rings. The van der Waals surface area contributed by atoms with E-state index in [0.29, 0.717) is 12.0 Å². The first-order valence-electron chi connectivity index (χ1n) is 10.2. The summed E-state index contributed by atoms with van der Waals surface area (Å²) < 4.78 is 3.65. The van der Waals surface area contributed by atoms with Gasteiger partial charge in [-0.1, -0.05) is 70.6 Å². The Labute approximate surface area is 179 Å². The standard InChI is InChI=1S/C25H32BrNSi/c1-7-24(28(5,6)18(2)3)14-13-23-17-20-16-21(26)10-15-25(20)27(23)22-11-8-19(4)9-12-22/h7-8,10-11,13-17,19,22H,2,9,12H2,1,3-6H3. The molecule has 28 heavy (non-hydrogen) atoms. The highest BCUT2D eigenvalue weighted by atomic mass is 79.9. The van der Waals surface area contributed by atoms with Crippen LogP contribution in [0, 0.1) is 5.92 Å². The molecule has 0 aliphatic heterocycles. The number of hydrogen-bond donors (Lipinski definition) is 0. The summed E-state index contributed by atoms with van der Waals surface area (Å²) in [5.41, 5.74) is 2.59. The van der Waals surface area contributed by atoms with Crippen LogP contribution in [0.4, 0.5) is 0 Å². The van der Waals surface area contributed by atoms with E-state index in [0.717, 1.165) is 4.47 Å². The average molecular weight is 455 g/mol. The van der Waals surface area contributed by atoms with Crippen molar-refractivity contribution in [2.24, 2.45) is 5.92 Å². The first-order chi connectivity index (χ1) is 13.2. The number of rotatable bonds is 5. The van der Waals surface area contributed by atoms with E-state index < -0.39 is 8.07 Å². The summed E-state index contributed by atoms with van der Waals surface area (Å²) in [5, 5.41) is 4.05. The molecule has 3 rings (SSSR count). The van der Waals surface area contributed by atoms with Crippen molar-refractivity contribution in [3.8, 4) is 0 Å². The molecule has 1 heterocycles. The lowest BCUT2D eigenvalue weighted by molar-refractivity contribution is 0.471. The largest absolute Gasteiger partial charge is 0.334 e. The third kappa shape index (κ3) is 4.21. The molecule has 0 radical (unpaired) electrons. The van der Waals surface area contributed by atoms with E-state index in [1.165, 1.54) is 39.8 Å². The summed E-state index contributed by atoms with van der Waals surface area (Å²) in [6.07, 6.45) is 14.1. The number of halogens is 1. The molecule has 0 spiro atoms. The van der Waals surface area contributed by atoms with Crippen molar-refractivity contribution in [1.29, 1.82) is 0 Å². The quantitative estimate of drug-likeness (QED) is 0.243. The summed E-state index contributed by atoms with van der Waals surface area (Å²) >= 11 is 3.63. The summed E-state index contributed by atoms with van der Waals surface area (Å²) in [6, 6.07) is 9.36. The fourth-order valence-electron chi connectivity index (χ4n) is 3.97. The fourth-order valence-corrected chi connectivity index (χ4v) is 6.07. The Kier molecular flexibility index (Phi) is 6.36. The maximum absolute atomic E-state index is 4.26. The van der Waals surface area contributed by atoms with Gasteiger partial charge in [0.05, 0.1) is 6.04 Å². The molecule has 0 amide bonds. The van der Waals surface area contributed by atoms with Crippen LogP contribution in [-0.4, -0.2) is 12.6 Å². The van der Waals surface area contributed by atoms with Gasteiger partial charge in [0.15, 0.2) is 0 Å². The number of fused-ring (bicyclic) bond motifs is 1. The zero-order valence-corrected chi connectivity index (χ0v) is 20.4. The molecule has 2 unspecified atom stereocenters. The van der Waals surface area contributed by atoms with Crippen molar-refractivity contribution >= 4 is 41.0 Å². The molecule has 1 aromatic heterocycles. The van der Waals surface area contributed by atoms with Crippen molar-refractivity contribution in [2.45, 2.75) is 52.7 Å². The van der Waals surface area contributed by atoms with Crippen LogP contribution in [0.3, 0.4) is 0 Å². The van der Waals surface area contributed by atoms with E-state index in [2.05, 4.69) is 116 Å². The summed E-state index contributed by atoms with van der Waals surface area (Å²) in [5.74, 6) is 0.684. The summed E-state index contributed by atoms with van der Waals surface area (Å²) in [6.45, 7) is 15.7. The lowest BCUT2D eigenvalue weighted by atomic mass is 9.94. The van der Waals surface area contributed by atoms with Gasteiger partial charge in [-0.15, -0.1) is 6.58 Å². The predicted octanol–water partition coefficient (Wildman–Crippen LogP) is 8.25. The third-order valence-electron chi connectivity index (χ3n) is 6.28. The number of benzene rings is 1. The number of nitrogens with zero attached hydrogens (tertiary/aromatic N) is 1. The average Bonchev–Trinajstić information content (AvgIpc) is 3.00. The molecule has 0 saturated heterocycles. The van der Waals surface area contributed by atoms with E-state index in [-0.39, 0.29) is 0 Å². The lowest BCUT2D eigenvalue weighted by Crippen LogP contribution is -2.29. The Balaban J connectivity index is 2.09. The van der Waals surface area contributed by atoms with E-state index in [9.17, 15) is 0 Å². The van der Waals surface area contributed by atoms with Gasteiger partial charge >= 0.3 is 0 Å². The van der Waals surface area contributed by atoms with Crippen LogP contribution in [0.15, 0.2) is 70.0 Å². The number of hydrogen-bond acceptors (Lipinski definition) is 0. The Morgan fingerprint density at radius 3 is 2.57 bits per heavy atom. The normalized spacial score (nSPS) is 21.0. The fraction of sp³-hybridized carbons (Fsp3) is 0.360. The summed E-state index contributed by atoms with van der Waals surface area (Å²) in [7, 11) is -1.63. The zero-order valence-electron chi connectivity index (χ0n) is 17.8. The Hall–Kier alpha value is -1.58. The van der Waals surface area contributed by atoms with Gasteiger partial charge in [0.25, 0.3) is 0 Å². The van der Waals surface area contributed by atoms with Crippen LogP contribution in [0.1, 0.15) is 45.3 Å². The monoisotopic (exact) mass is 453 g/mol. The van der Waals surface area contributed by atoms with Crippen LogP contribution < -0.4 is 0 Å². The third-order valence-corrected chi connectivity index (χ3v) is 10.8. The van der Waals surface area contributed by atoms with Gasteiger partial charge in [-0.25, -0.2) is 0 Å². The molecule has 1 aromatic carbocycles. The van der Waals surface area contributed by atoms with E-state index in [1.54, 1.807) is 0 Å². The molecule has 3 heteroatoms. The van der Waals surface area contributed by atoms with Gasteiger partial charge in [-0.2, -0.15) is 0 Å². The number of allylic oxidation sites excluding steroid dienone is 6. The maximum Gasteiger partial charge on any atom is 0.106 e. The molecule has 1 aliphatic carbocycles. The Morgan fingerprint density at radius 1 is 1.21 bits per heavy atom. The van der Waals surface area contributed by atoms with Gasteiger partial charge in [0, 0.05) is 21.1 Å². The number of aromatic nitrogens is 1. The predicted molar refractivity (Wildman–Crippen MR) is 131 cm³/mol. The van der Waals surface area contributed by atoms with Gasteiger partial charge in [-0.3, -0.25) is 0 Å². The highest BCUT2D eigenvalue weighted by Crippen LogP contribution is 2.34. The molecule has 2 atom stereocenters. The minimum Gasteiger partial charge on any atom is -0.334 e. The van der Waals surface area contributed by atoms with E-state index in [4.69, 9.17) is 0 Å². The highest BCUT2D eigenvalue weighted by molar-refractivity contribution is 9.10. The van der Waals surface area contributed by atoms with Crippen LogP contribution in [0.25, 0.3) is 17.0 Å². The van der Waals surface area contributed by atoms with Crippen molar-refractivity contribution in [3.63, 3.8) is 0 Å². The second-order valence-electron chi connectivity index (χ2n) is 8.63. The second-order valence-corrected chi connectivity index (χ2v) is 14.2. The smallest absolute Gasteiger partial charge is 0.106 e. The molecule has 0 saturated carbocycles. The van der Waals surface area contributed by atoms with Gasteiger partial charge in [-0.05, 0) is 62.9 Å². The zero-order chi connectivity index (χ0) is 20.5. The second kappa shape index (κ2) is 8.42. The topological polar surface area (TPSA) is 4.93 Å². The van der Waals surface area contributed by atoms with E-state index >= 15 is 0 Å². The van der Waals surface area contributed by atoms with Crippen LogP contribution in [0.2, 0.25) is 13.1 Å². The van der Waals surface area contributed by atoms with Crippen molar-refractivity contribution in [3.05, 3.63) is 75.7 Å². The van der Waals surface area contributed by atoms with Crippen LogP contribution >= 0.6 is 15.9 Å². The molecule has 0 N–H and O–H groups in total. The van der Waals surface area contributed by atoms with Crippen LogP contribution in [-0.2, 0) is 0 Å². The SMILES string of the molecule is C=C(C)[Si](C)(C)C(C=Cc1cc2cc(Br)ccc2n1C1C=CC(C)CC1)=CC. The molecule has 148 valence electrons. The van der Waals surface area contributed by atoms with Gasteiger partial charge in [0.2, 0.25) is 0 Å². The van der Waals surface area contributed by atoms with Crippen LogP contribution in [0.5, 0.6) is 0 Å². The molecule has 0 bridgehead atoms. The van der Waals surface area contributed by atoms with Crippen molar-refractivity contribution in [2.75, 3.05) is 0 Å². The first kappa shape index (κ1) is 21.1. The molecular weight excluding hydrogens is 422 g/mol.